The van der Waals surface area contributed by atoms with Crippen LogP contribution < -0.4 is 4.90 Å². The molecule has 1 aliphatic rings. The van der Waals surface area contributed by atoms with E-state index in [-0.39, 0.29) is 34.7 Å². The number of hydrogen-bond acceptors (Lipinski definition) is 5. The molecule has 1 heterocycles. The lowest BCUT2D eigenvalue weighted by Crippen LogP contribution is -2.43. The fourth-order valence-electron chi connectivity index (χ4n) is 3.41. The van der Waals surface area contributed by atoms with E-state index in [9.17, 15) is 21.6 Å². The van der Waals surface area contributed by atoms with Crippen LogP contribution in [0.5, 0.6) is 0 Å². The van der Waals surface area contributed by atoms with Gasteiger partial charge in [-0.25, -0.2) is 16.8 Å². The lowest BCUT2D eigenvalue weighted by atomic mass is 9.96. The lowest BCUT2D eigenvalue weighted by Gasteiger charge is -2.32. The highest BCUT2D eigenvalue weighted by atomic mass is 32.2. The van der Waals surface area contributed by atoms with Crippen LogP contribution in [0.4, 0.5) is 5.69 Å². The second-order valence-electron chi connectivity index (χ2n) is 7.16. The first-order valence-electron chi connectivity index (χ1n) is 9.23. The number of sulfone groups is 1. The monoisotopic (exact) mass is 436 g/mol. The molecule has 0 N–H and O–H groups in total. The summed E-state index contributed by atoms with van der Waals surface area (Å²) in [7, 11) is -5.61. The van der Waals surface area contributed by atoms with Gasteiger partial charge in [0.1, 0.15) is 0 Å². The highest BCUT2D eigenvalue weighted by Gasteiger charge is 2.33. The predicted octanol–water partition coefficient (Wildman–Crippen LogP) is 2.15. The van der Waals surface area contributed by atoms with Gasteiger partial charge in [0.15, 0.2) is 9.84 Å². The minimum absolute atomic E-state index is 0.0341. The second kappa shape index (κ2) is 8.25. The molecule has 2 aromatic rings. The largest absolute Gasteiger partial charge is 0.315 e. The van der Waals surface area contributed by atoms with E-state index in [1.54, 1.807) is 11.9 Å². The molecule has 29 heavy (non-hydrogen) atoms. The van der Waals surface area contributed by atoms with Crippen LogP contribution in [0.3, 0.4) is 0 Å². The van der Waals surface area contributed by atoms with E-state index in [2.05, 4.69) is 0 Å². The van der Waals surface area contributed by atoms with Gasteiger partial charge in [-0.3, -0.25) is 4.79 Å². The van der Waals surface area contributed by atoms with E-state index < -0.39 is 19.9 Å². The van der Waals surface area contributed by atoms with E-state index >= 15 is 0 Å². The smallest absolute Gasteiger partial charge is 0.243 e. The molecular weight excluding hydrogens is 412 g/mol. The fraction of sp³-hybridized carbons (Fsp3) is 0.350. The maximum atomic E-state index is 12.9. The number of piperidine rings is 1. The molecule has 0 spiro atoms. The van der Waals surface area contributed by atoms with Gasteiger partial charge in [-0.15, -0.1) is 0 Å². The Labute approximate surface area is 171 Å². The molecule has 1 fully saturated rings. The normalized spacial score (nSPS) is 16.5. The first kappa shape index (κ1) is 21.5. The second-order valence-corrected chi connectivity index (χ2v) is 11.1. The Hall–Kier alpha value is -2.23. The van der Waals surface area contributed by atoms with Gasteiger partial charge in [-0.1, -0.05) is 24.3 Å². The lowest BCUT2D eigenvalue weighted by molar-refractivity contribution is -0.123. The number of hydrogen-bond donors (Lipinski definition) is 0. The SMILES string of the molecule is CN(C(=O)C1CCN(S(=O)(=O)c2cccc(S(C)(=O)=O)c2)CC1)c1ccccc1. The first-order valence-corrected chi connectivity index (χ1v) is 12.6. The van der Waals surface area contributed by atoms with Crippen LogP contribution in [0.2, 0.25) is 0 Å². The van der Waals surface area contributed by atoms with Crippen LogP contribution in [0, 0.1) is 5.92 Å². The van der Waals surface area contributed by atoms with Crippen LogP contribution in [-0.4, -0.2) is 53.4 Å². The van der Waals surface area contributed by atoms with E-state index in [1.807, 2.05) is 30.3 Å². The van der Waals surface area contributed by atoms with Crippen molar-refractivity contribution in [3.05, 3.63) is 54.6 Å². The summed E-state index contributed by atoms with van der Waals surface area (Å²) in [6, 6.07) is 14.7. The van der Waals surface area contributed by atoms with E-state index in [0.29, 0.717) is 12.8 Å². The Kier molecular flexibility index (Phi) is 6.11. The number of carbonyl (C=O) groups excluding carboxylic acids is 1. The zero-order chi connectivity index (χ0) is 21.2. The van der Waals surface area contributed by atoms with Gasteiger partial charge in [0, 0.05) is 38.0 Å². The van der Waals surface area contributed by atoms with Crippen LogP contribution in [0.1, 0.15) is 12.8 Å². The van der Waals surface area contributed by atoms with E-state index in [4.69, 9.17) is 0 Å². The average Bonchev–Trinajstić information content (AvgIpc) is 2.73. The Bertz CT molecular complexity index is 1090. The number of nitrogens with zero attached hydrogens (tertiary/aromatic N) is 2. The third kappa shape index (κ3) is 4.68. The molecule has 3 rings (SSSR count). The predicted molar refractivity (Wildman–Crippen MR) is 111 cm³/mol. The number of amides is 1. The average molecular weight is 437 g/mol. The Morgan fingerprint density at radius 3 is 2.10 bits per heavy atom. The number of rotatable bonds is 5. The zero-order valence-corrected chi connectivity index (χ0v) is 18.0. The third-order valence-electron chi connectivity index (χ3n) is 5.15. The molecule has 1 saturated heterocycles. The number of sulfonamides is 1. The molecule has 7 nitrogen and oxygen atoms in total. The molecule has 2 aromatic carbocycles. The van der Waals surface area contributed by atoms with Crippen LogP contribution in [0.25, 0.3) is 0 Å². The van der Waals surface area contributed by atoms with Gasteiger partial charge < -0.3 is 4.90 Å². The number of carbonyl (C=O) groups is 1. The van der Waals surface area contributed by atoms with E-state index in [1.165, 1.54) is 28.6 Å². The molecule has 1 amide bonds. The molecule has 0 atom stereocenters. The minimum atomic E-state index is -3.82. The number of benzene rings is 2. The molecular formula is C20H24N2O5S2. The molecule has 9 heteroatoms. The molecule has 0 radical (unpaired) electrons. The van der Waals surface area contributed by atoms with Gasteiger partial charge in [-0.05, 0) is 43.2 Å². The topological polar surface area (TPSA) is 91.8 Å². The first-order chi connectivity index (χ1) is 13.6. The summed E-state index contributed by atoms with van der Waals surface area (Å²) >= 11 is 0. The Morgan fingerprint density at radius 2 is 1.52 bits per heavy atom. The van der Waals surface area contributed by atoms with Crippen molar-refractivity contribution in [2.45, 2.75) is 22.6 Å². The van der Waals surface area contributed by atoms with Crippen molar-refractivity contribution in [3.8, 4) is 0 Å². The maximum absolute atomic E-state index is 12.9. The van der Waals surface area contributed by atoms with Crippen molar-refractivity contribution in [3.63, 3.8) is 0 Å². The summed E-state index contributed by atoms with van der Waals surface area (Å²) in [5.41, 5.74) is 0.796. The molecule has 1 aliphatic heterocycles. The summed E-state index contributed by atoms with van der Waals surface area (Å²) in [6.45, 7) is 0.426. The molecule has 0 unspecified atom stereocenters. The van der Waals surface area contributed by atoms with Gasteiger partial charge >= 0.3 is 0 Å². The van der Waals surface area contributed by atoms with Crippen molar-refractivity contribution in [2.75, 3.05) is 31.3 Å². The van der Waals surface area contributed by atoms with Crippen molar-refractivity contribution >= 4 is 31.5 Å². The van der Waals surface area contributed by atoms with Crippen LogP contribution in [-0.2, 0) is 24.7 Å². The fourth-order valence-corrected chi connectivity index (χ4v) is 5.67. The molecule has 0 aliphatic carbocycles. The van der Waals surface area contributed by atoms with Crippen molar-refractivity contribution in [1.29, 1.82) is 0 Å². The minimum Gasteiger partial charge on any atom is -0.315 e. The van der Waals surface area contributed by atoms with Crippen molar-refractivity contribution < 1.29 is 21.6 Å². The Balaban J connectivity index is 1.71. The quantitative estimate of drug-likeness (QED) is 0.716. The summed E-state index contributed by atoms with van der Waals surface area (Å²) in [5.74, 6) is -0.290. The number of para-hydroxylation sites is 1. The molecule has 156 valence electrons. The van der Waals surface area contributed by atoms with Gasteiger partial charge in [-0.2, -0.15) is 4.31 Å². The summed E-state index contributed by atoms with van der Waals surface area (Å²) in [6.07, 6.45) is 1.88. The van der Waals surface area contributed by atoms with Crippen molar-refractivity contribution in [2.24, 2.45) is 5.92 Å². The summed E-state index contributed by atoms with van der Waals surface area (Å²) in [4.78, 5) is 14.3. The highest BCUT2D eigenvalue weighted by molar-refractivity contribution is 7.91. The van der Waals surface area contributed by atoms with Gasteiger partial charge in [0.2, 0.25) is 15.9 Å². The maximum Gasteiger partial charge on any atom is 0.243 e. The summed E-state index contributed by atoms with van der Waals surface area (Å²) < 4.78 is 50.7. The van der Waals surface area contributed by atoms with Crippen LogP contribution >= 0.6 is 0 Å². The standard InChI is InChI=1S/C20H24N2O5S2/c1-21(17-7-4-3-5-8-17)20(23)16-11-13-22(14-12-16)29(26,27)19-10-6-9-18(15-19)28(2,24)25/h3-10,15-16H,11-14H2,1-2H3. The molecule has 0 saturated carbocycles. The summed E-state index contributed by atoms with van der Waals surface area (Å²) in [5, 5.41) is 0. The molecule has 0 bridgehead atoms. The van der Waals surface area contributed by atoms with Gasteiger partial charge in [0.05, 0.1) is 9.79 Å². The van der Waals surface area contributed by atoms with E-state index in [0.717, 1.165) is 11.9 Å². The Morgan fingerprint density at radius 1 is 0.931 bits per heavy atom. The van der Waals surface area contributed by atoms with Crippen molar-refractivity contribution in [1.82, 2.24) is 4.31 Å². The number of anilines is 1. The van der Waals surface area contributed by atoms with Crippen LogP contribution in [0.15, 0.2) is 64.4 Å². The van der Waals surface area contributed by atoms with Gasteiger partial charge in [0.25, 0.3) is 0 Å². The molecule has 0 aromatic heterocycles. The third-order valence-corrected chi connectivity index (χ3v) is 8.15. The zero-order valence-electron chi connectivity index (χ0n) is 16.4. The highest BCUT2D eigenvalue weighted by Crippen LogP contribution is 2.27.